The summed E-state index contributed by atoms with van der Waals surface area (Å²) in [6.45, 7) is 4.45. The number of anilines is 1. The molecule has 0 aliphatic heterocycles. The zero-order chi connectivity index (χ0) is 14.0. The van der Waals surface area contributed by atoms with Crippen LogP contribution < -0.4 is 5.32 Å². The molecule has 1 saturated carbocycles. The third-order valence-corrected chi connectivity index (χ3v) is 3.78. The summed E-state index contributed by atoms with van der Waals surface area (Å²) < 4.78 is 13.1. The van der Waals surface area contributed by atoms with E-state index < -0.39 is 11.8 Å². The molecule has 0 bridgehead atoms. The van der Waals surface area contributed by atoms with Gasteiger partial charge in [0.2, 0.25) is 0 Å². The smallest absolute Gasteiger partial charge is 0.337 e. The maximum atomic E-state index is 13.1. The second kappa shape index (κ2) is 5.19. The van der Waals surface area contributed by atoms with Crippen LogP contribution in [0.2, 0.25) is 0 Å². The van der Waals surface area contributed by atoms with Crippen LogP contribution in [0.4, 0.5) is 10.1 Å². The molecule has 4 heteroatoms. The van der Waals surface area contributed by atoms with Gasteiger partial charge in [-0.3, -0.25) is 0 Å². The van der Waals surface area contributed by atoms with E-state index in [9.17, 15) is 9.18 Å². The Kier molecular flexibility index (Phi) is 3.78. The number of carbonyl (C=O) groups is 1. The summed E-state index contributed by atoms with van der Waals surface area (Å²) in [5, 5.41) is 12.4. The van der Waals surface area contributed by atoms with Gasteiger partial charge in [-0.25, -0.2) is 9.18 Å². The van der Waals surface area contributed by atoms with Crippen molar-refractivity contribution in [3.05, 3.63) is 29.6 Å². The van der Waals surface area contributed by atoms with Crippen LogP contribution >= 0.6 is 0 Å². The number of carboxylic acid groups (broad SMARTS) is 1. The van der Waals surface area contributed by atoms with Crippen molar-refractivity contribution in [2.24, 2.45) is 5.41 Å². The van der Waals surface area contributed by atoms with Gasteiger partial charge in [0.25, 0.3) is 0 Å². The van der Waals surface area contributed by atoms with Gasteiger partial charge < -0.3 is 10.4 Å². The van der Waals surface area contributed by atoms with Gasteiger partial charge in [-0.2, -0.15) is 0 Å². The Bertz CT molecular complexity index is 485. The Morgan fingerprint density at radius 3 is 2.84 bits per heavy atom. The third kappa shape index (κ3) is 3.46. The Morgan fingerprint density at radius 1 is 1.47 bits per heavy atom. The molecular weight excluding hydrogens is 245 g/mol. The molecule has 2 N–H and O–H groups in total. The van der Waals surface area contributed by atoms with Crippen LogP contribution in [0.1, 0.15) is 49.9 Å². The highest BCUT2D eigenvalue weighted by atomic mass is 19.1. The van der Waals surface area contributed by atoms with Crippen LogP contribution in [0, 0.1) is 11.2 Å². The number of carboxylic acids is 1. The van der Waals surface area contributed by atoms with E-state index >= 15 is 0 Å². The molecule has 1 aromatic carbocycles. The lowest BCUT2D eigenvalue weighted by Gasteiger charge is -2.36. The fourth-order valence-electron chi connectivity index (χ4n) is 2.86. The number of benzene rings is 1. The van der Waals surface area contributed by atoms with E-state index in [2.05, 4.69) is 19.2 Å². The van der Waals surface area contributed by atoms with Crippen molar-refractivity contribution in [3.63, 3.8) is 0 Å². The molecule has 1 unspecified atom stereocenters. The molecular formula is C15H20FNO2. The molecule has 0 spiro atoms. The highest BCUT2D eigenvalue weighted by Gasteiger charge is 2.28. The number of aromatic carboxylic acids is 1. The molecule has 1 aliphatic carbocycles. The van der Waals surface area contributed by atoms with Gasteiger partial charge in [-0.1, -0.05) is 20.3 Å². The lowest BCUT2D eigenvalue weighted by atomic mass is 9.75. The lowest BCUT2D eigenvalue weighted by Crippen LogP contribution is -2.32. The summed E-state index contributed by atoms with van der Waals surface area (Å²) in [5.74, 6) is -1.62. The molecule has 0 saturated heterocycles. The van der Waals surface area contributed by atoms with Crippen molar-refractivity contribution < 1.29 is 14.3 Å². The Labute approximate surface area is 112 Å². The molecule has 1 fully saturated rings. The second-order valence-corrected chi connectivity index (χ2v) is 6.10. The topological polar surface area (TPSA) is 49.3 Å². The van der Waals surface area contributed by atoms with Gasteiger partial charge in [-0.05, 0) is 42.9 Å². The molecule has 0 aromatic heterocycles. The Morgan fingerprint density at radius 2 is 2.21 bits per heavy atom. The van der Waals surface area contributed by atoms with Gasteiger partial charge in [0.15, 0.2) is 0 Å². The maximum absolute atomic E-state index is 13.1. The monoisotopic (exact) mass is 265 g/mol. The van der Waals surface area contributed by atoms with E-state index in [1.165, 1.54) is 18.6 Å². The number of hydrogen-bond acceptors (Lipinski definition) is 2. The highest BCUT2D eigenvalue weighted by molar-refractivity contribution is 5.94. The van der Waals surface area contributed by atoms with Crippen molar-refractivity contribution in [1.29, 1.82) is 0 Å². The van der Waals surface area contributed by atoms with Crippen molar-refractivity contribution in [3.8, 4) is 0 Å². The standard InChI is InChI=1S/C15H20FNO2/c1-15(2)7-3-4-11(9-15)17-13-6-5-10(16)8-12(13)14(18)19/h5-6,8,11,17H,3-4,7,9H2,1-2H3,(H,18,19). The SMILES string of the molecule is CC1(C)CCCC(Nc2ccc(F)cc2C(=O)O)C1. The molecule has 3 nitrogen and oxygen atoms in total. The third-order valence-electron chi connectivity index (χ3n) is 3.78. The summed E-state index contributed by atoms with van der Waals surface area (Å²) in [5.41, 5.74) is 0.791. The van der Waals surface area contributed by atoms with E-state index in [4.69, 9.17) is 5.11 Å². The first kappa shape index (κ1) is 13.8. The summed E-state index contributed by atoms with van der Waals surface area (Å²) in [6, 6.07) is 4.13. The number of halogens is 1. The second-order valence-electron chi connectivity index (χ2n) is 6.10. The van der Waals surface area contributed by atoms with Gasteiger partial charge in [-0.15, -0.1) is 0 Å². The maximum Gasteiger partial charge on any atom is 0.337 e. The van der Waals surface area contributed by atoms with Crippen LogP contribution in [0.25, 0.3) is 0 Å². The van der Waals surface area contributed by atoms with E-state index in [0.717, 1.165) is 25.3 Å². The minimum absolute atomic E-state index is 0.00313. The van der Waals surface area contributed by atoms with Gasteiger partial charge in [0.1, 0.15) is 5.82 Å². The number of nitrogens with one attached hydrogen (secondary N) is 1. The number of rotatable bonds is 3. The molecule has 2 rings (SSSR count). The Balaban J connectivity index is 2.17. The average Bonchev–Trinajstić information content (AvgIpc) is 2.30. The summed E-state index contributed by atoms with van der Waals surface area (Å²) in [7, 11) is 0. The molecule has 1 aliphatic rings. The fourth-order valence-corrected chi connectivity index (χ4v) is 2.86. The fraction of sp³-hybridized carbons (Fsp3) is 0.533. The molecule has 0 radical (unpaired) electrons. The van der Waals surface area contributed by atoms with Crippen molar-refractivity contribution >= 4 is 11.7 Å². The van der Waals surface area contributed by atoms with E-state index in [0.29, 0.717) is 5.69 Å². The molecule has 1 aromatic rings. The number of hydrogen-bond donors (Lipinski definition) is 2. The minimum atomic E-state index is -1.10. The van der Waals surface area contributed by atoms with Crippen molar-refractivity contribution in [2.75, 3.05) is 5.32 Å². The molecule has 0 amide bonds. The van der Waals surface area contributed by atoms with Crippen LogP contribution in [0.5, 0.6) is 0 Å². The zero-order valence-electron chi connectivity index (χ0n) is 11.4. The van der Waals surface area contributed by atoms with Crippen molar-refractivity contribution in [1.82, 2.24) is 0 Å². The first-order valence-electron chi connectivity index (χ1n) is 6.67. The summed E-state index contributed by atoms with van der Waals surface area (Å²) in [4.78, 5) is 11.1. The van der Waals surface area contributed by atoms with Gasteiger partial charge in [0, 0.05) is 11.7 Å². The van der Waals surface area contributed by atoms with Gasteiger partial charge >= 0.3 is 5.97 Å². The predicted molar refractivity (Wildman–Crippen MR) is 73.0 cm³/mol. The molecule has 104 valence electrons. The highest BCUT2D eigenvalue weighted by Crippen LogP contribution is 2.36. The average molecular weight is 265 g/mol. The quantitative estimate of drug-likeness (QED) is 0.871. The normalized spacial score (nSPS) is 21.9. The molecule has 19 heavy (non-hydrogen) atoms. The van der Waals surface area contributed by atoms with Gasteiger partial charge in [0.05, 0.1) is 5.56 Å². The van der Waals surface area contributed by atoms with Crippen LogP contribution in [-0.4, -0.2) is 17.1 Å². The zero-order valence-corrected chi connectivity index (χ0v) is 11.4. The Hall–Kier alpha value is -1.58. The van der Waals surface area contributed by atoms with Crippen molar-refractivity contribution in [2.45, 2.75) is 45.6 Å². The van der Waals surface area contributed by atoms with E-state index in [-0.39, 0.29) is 17.0 Å². The molecule has 1 atom stereocenters. The lowest BCUT2D eigenvalue weighted by molar-refractivity contribution is 0.0697. The summed E-state index contributed by atoms with van der Waals surface area (Å²) >= 11 is 0. The predicted octanol–water partition coefficient (Wildman–Crippen LogP) is 3.90. The summed E-state index contributed by atoms with van der Waals surface area (Å²) in [6.07, 6.45) is 4.36. The largest absolute Gasteiger partial charge is 0.478 e. The van der Waals surface area contributed by atoms with Crippen LogP contribution in [-0.2, 0) is 0 Å². The van der Waals surface area contributed by atoms with E-state index in [1.807, 2.05) is 0 Å². The first-order chi connectivity index (χ1) is 8.87. The first-order valence-corrected chi connectivity index (χ1v) is 6.67. The van der Waals surface area contributed by atoms with Crippen LogP contribution in [0.15, 0.2) is 18.2 Å². The minimum Gasteiger partial charge on any atom is -0.478 e. The van der Waals surface area contributed by atoms with Crippen LogP contribution in [0.3, 0.4) is 0 Å². The molecule has 0 heterocycles. The van der Waals surface area contributed by atoms with E-state index in [1.54, 1.807) is 0 Å².